The van der Waals surface area contributed by atoms with Gasteiger partial charge in [-0.15, -0.1) is 11.6 Å². The quantitative estimate of drug-likeness (QED) is 0.710. The zero-order valence-corrected chi connectivity index (χ0v) is 14.0. The van der Waals surface area contributed by atoms with Crippen LogP contribution in [0.25, 0.3) is 0 Å². The van der Waals surface area contributed by atoms with Crippen LogP contribution in [-0.2, 0) is 0 Å². The lowest BCUT2D eigenvalue weighted by atomic mass is 9.98. The maximum absolute atomic E-state index is 6.65. The molecule has 2 rings (SSSR count). The van der Waals surface area contributed by atoms with Gasteiger partial charge in [-0.25, -0.2) is 0 Å². The topological polar surface area (TPSA) is 18.5 Å². The van der Waals surface area contributed by atoms with Crippen molar-refractivity contribution in [1.29, 1.82) is 0 Å². The highest BCUT2D eigenvalue weighted by Gasteiger charge is 2.17. The van der Waals surface area contributed by atoms with Gasteiger partial charge in [-0.1, -0.05) is 23.7 Å². The average molecular weight is 325 g/mol. The second-order valence-corrected chi connectivity index (χ2v) is 5.78. The molecule has 2 nitrogen and oxygen atoms in total. The van der Waals surface area contributed by atoms with E-state index in [1.807, 2.05) is 44.2 Å². The lowest BCUT2D eigenvalue weighted by Gasteiger charge is -2.17. The van der Waals surface area contributed by atoms with Gasteiger partial charge >= 0.3 is 0 Å². The largest absolute Gasteiger partial charge is 0.493 e. The molecule has 21 heavy (non-hydrogen) atoms. The Balaban J connectivity index is 2.47. The Morgan fingerprint density at radius 3 is 2.10 bits per heavy atom. The molecule has 0 bridgehead atoms. The van der Waals surface area contributed by atoms with Crippen LogP contribution in [0.4, 0.5) is 0 Å². The van der Waals surface area contributed by atoms with Gasteiger partial charge in [0.25, 0.3) is 0 Å². The molecule has 112 valence electrons. The van der Waals surface area contributed by atoms with E-state index in [1.165, 1.54) is 0 Å². The van der Waals surface area contributed by atoms with Crippen molar-refractivity contribution in [2.24, 2.45) is 0 Å². The van der Waals surface area contributed by atoms with Crippen molar-refractivity contribution in [2.75, 3.05) is 14.2 Å². The average Bonchev–Trinajstić information content (AvgIpc) is 2.49. The Kier molecular flexibility index (Phi) is 5.02. The summed E-state index contributed by atoms with van der Waals surface area (Å²) in [6.07, 6.45) is 0. The van der Waals surface area contributed by atoms with Crippen molar-refractivity contribution in [3.05, 3.63) is 57.6 Å². The van der Waals surface area contributed by atoms with Crippen LogP contribution in [0.15, 0.2) is 30.3 Å². The number of rotatable bonds is 4. The van der Waals surface area contributed by atoms with E-state index in [4.69, 9.17) is 32.7 Å². The summed E-state index contributed by atoms with van der Waals surface area (Å²) in [5.74, 6) is 1.38. The molecule has 0 saturated heterocycles. The minimum atomic E-state index is -0.263. The van der Waals surface area contributed by atoms with Crippen LogP contribution >= 0.6 is 23.2 Å². The third-order valence-corrected chi connectivity index (χ3v) is 4.43. The number of halogens is 2. The van der Waals surface area contributed by atoms with Gasteiger partial charge in [0.05, 0.1) is 19.6 Å². The molecule has 2 aromatic rings. The maximum Gasteiger partial charge on any atom is 0.161 e. The van der Waals surface area contributed by atoms with Crippen molar-refractivity contribution >= 4 is 23.2 Å². The molecule has 2 aromatic carbocycles. The predicted octanol–water partition coefficient (Wildman–Crippen LogP) is 5.30. The van der Waals surface area contributed by atoms with Crippen LogP contribution in [0.5, 0.6) is 11.5 Å². The zero-order valence-electron chi connectivity index (χ0n) is 12.5. The first-order valence-corrected chi connectivity index (χ1v) is 7.42. The number of methoxy groups -OCH3 is 2. The first-order chi connectivity index (χ1) is 9.97. The Labute approximate surface area is 135 Å². The third kappa shape index (κ3) is 3.28. The fraction of sp³-hybridized carbons (Fsp3) is 0.294. The van der Waals surface area contributed by atoms with E-state index >= 15 is 0 Å². The SMILES string of the molecule is COc1cc(C)c(C(Cl)c2ccc(Cl)c(C)c2)cc1OC. The van der Waals surface area contributed by atoms with Crippen molar-refractivity contribution in [1.82, 2.24) is 0 Å². The lowest BCUT2D eigenvalue weighted by Crippen LogP contribution is -2.00. The normalized spacial score (nSPS) is 12.1. The smallest absolute Gasteiger partial charge is 0.161 e. The van der Waals surface area contributed by atoms with E-state index < -0.39 is 0 Å². The van der Waals surface area contributed by atoms with Crippen molar-refractivity contribution in [3.8, 4) is 11.5 Å². The molecule has 0 amide bonds. The minimum absolute atomic E-state index is 0.263. The van der Waals surface area contributed by atoms with Crippen LogP contribution in [0.1, 0.15) is 27.6 Å². The minimum Gasteiger partial charge on any atom is -0.493 e. The lowest BCUT2D eigenvalue weighted by molar-refractivity contribution is 0.354. The summed E-state index contributed by atoms with van der Waals surface area (Å²) in [6.45, 7) is 3.98. The summed E-state index contributed by atoms with van der Waals surface area (Å²) in [7, 11) is 3.24. The molecule has 0 fully saturated rings. The summed E-state index contributed by atoms with van der Waals surface area (Å²) in [5, 5.41) is 0.479. The van der Waals surface area contributed by atoms with Gasteiger partial charge < -0.3 is 9.47 Å². The fourth-order valence-corrected chi connectivity index (χ4v) is 2.76. The van der Waals surface area contributed by atoms with Crippen molar-refractivity contribution in [2.45, 2.75) is 19.2 Å². The van der Waals surface area contributed by atoms with Crippen LogP contribution in [0.3, 0.4) is 0 Å². The van der Waals surface area contributed by atoms with Crippen molar-refractivity contribution < 1.29 is 9.47 Å². The molecular weight excluding hydrogens is 307 g/mol. The summed E-state index contributed by atoms with van der Waals surface area (Å²) >= 11 is 12.7. The number of hydrogen-bond donors (Lipinski definition) is 0. The van der Waals surface area contributed by atoms with Crippen LogP contribution in [0, 0.1) is 13.8 Å². The molecule has 1 atom stereocenters. The number of hydrogen-bond acceptors (Lipinski definition) is 2. The van der Waals surface area contributed by atoms with E-state index in [0.717, 1.165) is 27.3 Å². The highest BCUT2D eigenvalue weighted by molar-refractivity contribution is 6.31. The summed E-state index contributed by atoms with van der Waals surface area (Å²) < 4.78 is 10.7. The van der Waals surface area contributed by atoms with Gasteiger partial charge in [0.1, 0.15) is 0 Å². The molecule has 0 saturated carbocycles. The Bertz CT molecular complexity index is 653. The Morgan fingerprint density at radius 1 is 0.905 bits per heavy atom. The fourth-order valence-electron chi connectivity index (χ4n) is 2.27. The van der Waals surface area contributed by atoms with Crippen LogP contribution in [0.2, 0.25) is 5.02 Å². The number of benzene rings is 2. The van der Waals surface area contributed by atoms with E-state index in [0.29, 0.717) is 11.5 Å². The van der Waals surface area contributed by atoms with Gasteiger partial charge in [0.15, 0.2) is 11.5 Å². The molecule has 0 heterocycles. The molecule has 0 aliphatic heterocycles. The molecule has 0 N–H and O–H groups in total. The molecule has 0 aliphatic carbocycles. The van der Waals surface area contributed by atoms with E-state index in [2.05, 4.69) is 0 Å². The maximum atomic E-state index is 6.65. The standard InChI is InChI=1S/C17H18Cl2O2/c1-10-8-15(20-3)16(21-4)9-13(10)17(19)12-5-6-14(18)11(2)7-12/h5-9,17H,1-4H3. The Morgan fingerprint density at radius 2 is 1.52 bits per heavy atom. The molecule has 0 aliphatic rings. The van der Waals surface area contributed by atoms with Crippen LogP contribution < -0.4 is 9.47 Å². The van der Waals surface area contributed by atoms with E-state index in [-0.39, 0.29) is 5.38 Å². The molecule has 4 heteroatoms. The second kappa shape index (κ2) is 6.59. The summed E-state index contributed by atoms with van der Waals surface area (Å²) in [6, 6.07) is 9.69. The summed E-state index contributed by atoms with van der Waals surface area (Å²) in [4.78, 5) is 0. The second-order valence-electron chi connectivity index (χ2n) is 4.93. The highest BCUT2D eigenvalue weighted by atomic mass is 35.5. The third-order valence-electron chi connectivity index (χ3n) is 3.52. The van der Waals surface area contributed by atoms with E-state index in [9.17, 15) is 0 Å². The molecular formula is C17H18Cl2O2. The molecule has 1 unspecified atom stereocenters. The zero-order chi connectivity index (χ0) is 15.6. The predicted molar refractivity (Wildman–Crippen MR) is 88.2 cm³/mol. The molecule has 0 spiro atoms. The monoisotopic (exact) mass is 324 g/mol. The first kappa shape index (κ1) is 16.0. The van der Waals surface area contributed by atoms with Gasteiger partial charge in [0, 0.05) is 5.02 Å². The van der Waals surface area contributed by atoms with Gasteiger partial charge in [-0.05, 0) is 54.3 Å². The van der Waals surface area contributed by atoms with Crippen LogP contribution in [-0.4, -0.2) is 14.2 Å². The number of aryl methyl sites for hydroxylation is 2. The summed E-state index contributed by atoms with van der Waals surface area (Å²) in [5.41, 5.74) is 4.07. The molecule has 0 aromatic heterocycles. The van der Waals surface area contributed by atoms with E-state index in [1.54, 1.807) is 14.2 Å². The number of ether oxygens (including phenoxy) is 2. The van der Waals surface area contributed by atoms with Gasteiger partial charge in [-0.3, -0.25) is 0 Å². The highest BCUT2D eigenvalue weighted by Crippen LogP contribution is 2.38. The first-order valence-electron chi connectivity index (χ1n) is 6.60. The van der Waals surface area contributed by atoms with Crippen molar-refractivity contribution in [3.63, 3.8) is 0 Å². The Hall–Kier alpha value is -1.38. The van der Waals surface area contributed by atoms with Gasteiger partial charge in [-0.2, -0.15) is 0 Å². The number of alkyl halides is 1. The molecule has 0 radical (unpaired) electrons. The van der Waals surface area contributed by atoms with Gasteiger partial charge in [0.2, 0.25) is 0 Å².